The van der Waals surface area contributed by atoms with Crippen LogP contribution in [0.5, 0.6) is 0 Å². The van der Waals surface area contributed by atoms with E-state index in [1.807, 2.05) is 81.4 Å². The highest BCUT2D eigenvalue weighted by Gasteiger charge is 2.39. The lowest BCUT2D eigenvalue weighted by molar-refractivity contribution is -0.147. The van der Waals surface area contributed by atoms with Crippen molar-refractivity contribution in [1.29, 1.82) is 0 Å². The van der Waals surface area contributed by atoms with Gasteiger partial charge in [-0.1, -0.05) is 60.7 Å². The molecule has 2 rings (SSSR count). The third-order valence-electron chi connectivity index (χ3n) is 5.49. The molecule has 2 aromatic carbocycles. The van der Waals surface area contributed by atoms with E-state index < -0.39 is 32.8 Å². The third-order valence-corrected chi connectivity index (χ3v) is 8.64. The van der Waals surface area contributed by atoms with Gasteiger partial charge in [-0.2, -0.15) is 0 Å². The Kier molecular flexibility index (Phi) is 14.8. The molecule has 2 aromatic rings. The lowest BCUT2D eigenvalue weighted by Gasteiger charge is -2.28. The van der Waals surface area contributed by atoms with Crippen molar-refractivity contribution in [1.82, 2.24) is 10.6 Å². The molecule has 0 fully saturated rings. The van der Waals surface area contributed by atoms with E-state index in [-0.39, 0.29) is 26.2 Å². The summed E-state index contributed by atoms with van der Waals surface area (Å²) in [5.74, 6) is -1.15. The van der Waals surface area contributed by atoms with Gasteiger partial charge in [0.1, 0.15) is 19.3 Å². The maximum Gasteiger partial charge on any atom is 0.500 e. The Morgan fingerprint density at radius 3 is 1.79 bits per heavy atom. The standard InChI is InChI=1S/C28H40N2O8Si/c1-4-36-39(37-5-2,38-6-3)19-13-18-29-27(32)25(20-26(31)34-21-23-14-9-7-10-15-23)30-28(33)35-22-24-16-11-8-12-17-24/h7-12,14-17,25H,4-6,13,18-22H2,1-3H3,(H,29,32)(H,30,33)/t25-/m0/s1. The van der Waals surface area contributed by atoms with E-state index in [2.05, 4.69) is 10.6 Å². The molecule has 2 N–H and O–H groups in total. The molecule has 0 spiro atoms. The van der Waals surface area contributed by atoms with Crippen molar-refractivity contribution in [3.8, 4) is 0 Å². The molecule has 0 unspecified atom stereocenters. The van der Waals surface area contributed by atoms with Gasteiger partial charge in [0.25, 0.3) is 0 Å². The molecule has 0 aliphatic heterocycles. The van der Waals surface area contributed by atoms with E-state index in [1.54, 1.807) is 0 Å². The van der Waals surface area contributed by atoms with Crippen molar-refractivity contribution in [2.75, 3.05) is 26.4 Å². The molecule has 39 heavy (non-hydrogen) atoms. The molecule has 0 saturated carbocycles. The summed E-state index contributed by atoms with van der Waals surface area (Å²) in [5, 5.41) is 5.27. The average molecular weight is 561 g/mol. The van der Waals surface area contributed by atoms with E-state index >= 15 is 0 Å². The lowest BCUT2D eigenvalue weighted by Crippen LogP contribution is -2.49. The van der Waals surface area contributed by atoms with E-state index in [4.69, 9.17) is 22.8 Å². The predicted molar refractivity (Wildman–Crippen MR) is 147 cm³/mol. The fourth-order valence-electron chi connectivity index (χ4n) is 3.72. The molecular formula is C28H40N2O8Si. The molecule has 0 heterocycles. The van der Waals surface area contributed by atoms with Gasteiger partial charge in [0.05, 0.1) is 6.42 Å². The third kappa shape index (κ3) is 12.4. The van der Waals surface area contributed by atoms with E-state index in [9.17, 15) is 14.4 Å². The molecular weight excluding hydrogens is 520 g/mol. The first-order valence-corrected chi connectivity index (χ1v) is 15.2. The van der Waals surface area contributed by atoms with Gasteiger partial charge in [0.2, 0.25) is 5.91 Å². The molecule has 10 nitrogen and oxygen atoms in total. The zero-order valence-corrected chi connectivity index (χ0v) is 24.0. The largest absolute Gasteiger partial charge is 0.500 e. The van der Waals surface area contributed by atoms with Gasteiger partial charge in [-0.25, -0.2) is 4.79 Å². The molecule has 0 radical (unpaired) electrons. The van der Waals surface area contributed by atoms with Crippen LogP contribution in [-0.4, -0.2) is 59.2 Å². The summed E-state index contributed by atoms with van der Waals surface area (Å²) in [5.41, 5.74) is 1.61. The number of carbonyl (C=O) groups excluding carboxylic acids is 3. The minimum atomic E-state index is -2.85. The van der Waals surface area contributed by atoms with Crippen LogP contribution in [0.1, 0.15) is 44.7 Å². The quantitative estimate of drug-likeness (QED) is 0.160. The average Bonchev–Trinajstić information content (AvgIpc) is 2.94. The molecule has 11 heteroatoms. The van der Waals surface area contributed by atoms with Gasteiger partial charge in [-0.05, 0) is 38.3 Å². The Morgan fingerprint density at radius 2 is 1.28 bits per heavy atom. The fourth-order valence-corrected chi connectivity index (χ4v) is 6.33. The zero-order chi connectivity index (χ0) is 28.3. The van der Waals surface area contributed by atoms with Crippen LogP contribution in [0.25, 0.3) is 0 Å². The van der Waals surface area contributed by atoms with Crippen LogP contribution in [0, 0.1) is 0 Å². The number of hydrogen-bond donors (Lipinski definition) is 2. The SMILES string of the molecule is CCO[Si](CCCNC(=O)[C@H](CC(=O)OCc1ccccc1)NC(=O)OCc1ccccc1)(OCC)OCC. The Balaban J connectivity index is 1.95. The second-order valence-corrected chi connectivity index (χ2v) is 11.2. The van der Waals surface area contributed by atoms with E-state index in [0.29, 0.717) is 32.3 Å². The zero-order valence-electron chi connectivity index (χ0n) is 23.0. The number of hydrogen-bond acceptors (Lipinski definition) is 8. The number of esters is 1. The number of amides is 2. The molecule has 0 saturated heterocycles. The monoisotopic (exact) mass is 560 g/mol. The maximum absolute atomic E-state index is 13.0. The summed E-state index contributed by atoms with van der Waals surface area (Å²) in [4.78, 5) is 38.0. The highest BCUT2D eigenvalue weighted by atomic mass is 28.4. The lowest BCUT2D eigenvalue weighted by atomic mass is 10.2. The number of ether oxygens (including phenoxy) is 2. The Morgan fingerprint density at radius 1 is 0.769 bits per heavy atom. The minimum absolute atomic E-state index is 0.0263. The Bertz CT molecular complexity index is 919. The maximum atomic E-state index is 13.0. The summed E-state index contributed by atoms with van der Waals surface area (Å²) in [6, 6.07) is 17.7. The van der Waals surface area contributed by atoms with E-state index in [0.717, 1.165) is 11.1 Å². The number of benzene rings is 2. The van der Waals surface area contributed by atoms with Crippen LogP contribution >= 0.6 is 0 Å². The van der Waals surface area contributed by atoms with Crippen molar-refractivity contribution in [3.05, 3.63) is 71.8 Å². The van der Waals surface area contributed by atoms with Crippen LogP contribution < -0.4 is 10.6 Å². The second-order valence-electron chi connectivity index (χ2n) is 8.49. The Labute approximate surface area is 231 Å². The van der Waals surface area contributed by atoms with E-state index in [1.165, 1.54) is 0 Å². The van der Waals surface area contributed by atoms with Gasteiger partial charge in [0, 0.05) is 32.4 Å². The summed E-state index contributed by atoms with van der Waals surface area (Å²) in [7, 11) is -2.85. The van der Waals surface area contributed by atoms with Crippen molar-refractivity contribution >= 4 is 26.8 Å². The normalized spacial score (nSPS) is 11.9. The first kappa shape index (κ1) is 32.0. The van der Waals surface area contributed by atoms with Crippen molar-refractivity contribution in [3.63, 3.8) is 0 Å². The van der Waals surface area contributed by atoms with Crippen LogP contribution in [0.15, 0.2) is 60.7 Å². The molecule has 0 aliphatic carbocycles. The second kappa shape index (κ2) is 18.1. The molecule has 0 aliphatic rings. The van der Waals surface area contributed by atoms with Crippen molar-refractivity contribution < 1.29 is 37.1 Å². The van der Waals surface area contributed by atoms with Crippen molar-refractivity contribution in [2.24, 2.45) is 0 Å². The van der Waals surface area contributed by atoms with Crippen LogP contribution in [0.4, 0.5) is 4.79 Å². The van der Waals surface area contributed by atoms with Gasteiger partial charge in [-0.3, -0.25) is 9.59 Å². The van der Waals surface area contributed by atoms with Gasteiger partial charge in [-0.15, -0.1) is 0 Å². The van der Waals surface area contributed by atoms with Crippen molar-refractivity contribution in [2.45, 2.75) is 58.9 Å². The fraction of sp³-hybridized carbons (Fsp3) is 0.464. The Hall–Kier alpha value is -3.25. The first-order valence-electron chi connectivity index (χ1n) is 13.3. The number of nitrogens with one attached hydrogen (secondary N) is 2. The molecule has 2 amide bonds. The summed E-state index contributed by atoms with van der Waals surface area (Å²) in [6.45, 7) is 7.38. The topological polar surface area (TPSA) is 121 Å². The minimum Gasteiger partial charge on any atom is -0.461 e. The van der Waals surface area contributed by atoms with Gasteiger partial charge in [0.15, 0.2) is 0 Å². The van der Waals surface area contributed by atoms with Crippen LogP contribution in [-0.2, 0) is 45.6 Å². The predicted octanol–water partition coefficient (Wildman–Crippen LogP) is 3.97. The van der Waals surface area contributed by atoms with Crippen LogP contribution in [0.2, 0.25) is 6.04 Å². The molecule has 0 bridgehead atoms. The molecule has 1 atom stereocenters. The summed E-state index contributed by atoms with van der Waals surface area (Å²) < 4.78 is 28.1. The smallest absolute Gasteiger partial charge is 0.461 e. The number of alkyl carbamates (subject to hydrolysis) is 1. The number of rotatable bonds is 18. The number of carbonyl (C=O) groups is 3. The summed E-state index contributed by atoms with van der Waals surface area (Å²) in [6.07, 6.45) is -0.638. The van der Waals surface area contributed by atoms with Gasteiger partial charge < -0.3 is 33.4 Å². The van der Waals surface area contributed by atoms with Crippen LogP contribution in [0.3, 0.4) is 0 Å². The summed E-state index contributed by atoms with van der Waals surface area (Å²) >= 11 is 0. The molecule has 214 valence electrons. The highest BCUT2D eigenvalue weighted by Crippen LogP contribution is 2.18. The first-order chi connectivity index (χ1) is 18.9. The van der Waals surface area contributed by atoms with Gasteiger partial charge >= 0.3 is 20.9 Å². The molecule has 0 aromatic heterocycles. The highest BCUT2D eigenvalue weighted by molar-refractivity contribution is 6.60.